The van der Waals surface area contributed by atoms with E-state index in [2.05, 4.69) is 34.7 Å². The lowest BCUT2D eigenvalue weighted by Gasteiger charge is -2.11. The number of hydrogen-bond acceptors (Lipinski definition) is 5. The van der Waals surface area contributed by atoms with Gasteiger partial charge in [0.25, 0.3) is 0 Å². The number of nitrogens with one attached hydrogen (secondary N) is 2. The molecule has 0 unspecified atom stereocenters. The third-order valence-corrected chi connectivity index (χ3v) is 4.66. The van der Waals surface area contributed by atoms with Gasteiger partial charge in [0.1, 0.15) is 11.3 Å². The van der Waals surface area contributed by atoms with Gasteiger partial charge in [-0.05, 0) is 43.7 Å². The van der Waals surface area contributed by atoms with Gasteiger partial charge in [0.05, 0.1) is 27.3 Å². The Kier molecular flexibility index (Phi) is 10.2. The molecule has 0 aliphatic carbocycles. The number of benzene rings is 1. The van der Waals surface area contributed by atoms with E-state index in [4.69, 9.17) is 9.47 Å². The molecule has 2 N–H and O–H groups in total. The van der Waals surface area contributed by atoms with Gasteiger partial charge in [-0.3, -0.25) is 0 Å². The number of guanidine groups is 1. The summed E-state index contributed by atoms with van der Waals surface area (Å²) in [6.45, 7) is 6.05. The van der Waals surface area contributed by atoms with Crippen molar-refractivity contribution in [2.24, 2.45) is 4.99 Å². The zero-order chi connectivity index (χ0) is 18.9. The van der Waals surface area contributed by atoms with E-state index in [0.29, 0.717) is 17.9 Å². The van der Waals surface area contributed by atoms with E-state index in [-0.39, 0.29) is 24.0 Å². The summed E-state index contributed by atoms with van der Waals surface area (Å²) in [6.07, 6.45) is 0. The molecule has 8 heteroatoms. The molecule has 0 bridgehead atoms. The van der Waals surface area contributed by atoms with E-state index < -0.39 is 5.97 Å². The minimum atomic E-state index is -0.425. The molecule has 0 spiro atoms. The fourth-order valence-corrected chi connectivity index (χ4v) is 3.22. The minimum Gasteiger partial charge on any atom is -0.496 e. The summed E-state index contributed by atoms with van der Waals surface area (Å²) >= 11 is 1.76. The molecule has 148 valence electrons. The first-order valence-corrected chi connectivity index (χ1v) is 9.21. The first-order chi connectivity index (χ1) is 12.6. The quantitative estimate of drug-likeness (QED) is 0.261. The topological polar surface area (TPSA) is 72.0 Å². The Morgan fingerprint density at radius 3 is 2.56 bits per heavy atom. The molecule has 0 aliphatic rings. The lowest BCUT2D eigenvalue weighted by molar-refractivity contribution is 0.0597. The highest BCUT2D eigenvalue weighted by Crippen LogP contribution is 2.21. The van der Waals surface area contributed by atoms with Crippen LogP contribution in [0.3, 0.4) is 0 Å². The average molecular weight is 503 g/mol. The van der Waals surface area contributed by atoms with Crippen molar-refractivity contribution in [2.75, 3.05) is 20.8 Å². The minimum absolute atomic E-state index is 0. The van der Waals surface area contributed by atoms with Crippen LogP contribution >= 0.6 is 35.3 Å². The number of aryl methyl sites for hydroxylation is 1. The molecule has 0 fully saturated rings. The van der Waals surface area contributed by atoms with Gasteiger partial charge in [-0.2, -0.15) is 0 Å². The molecule has 0 atom stereocenters. The first kappa shape index (κ1) is 23.2. The largest absolute Gasteiger partial charge is 0.496 e. The second-order valence-corrected chi connectivity index (χ2v) is 6.96. The van der Waals surface area contributed by atoms with Crippen molar-refractivity contribution in [3.05, 3.63) is 51.2 Å². The van der Waals surface area contributed by atoms with Crippen LogP contribution in [0.15, 0.2) is 35.3 Å². The average Bonchev–Trinajstić information content (AvgIpc) is 3.08. The fourth-order valence-electron chi connectivity index (χ4n) is 2.39. The number of carbonyl (C=O) groups is 1. The summed E-state index contributed by atoms with van der Waals surface area (Å²) < 4.78 is 10.0. The van der Waals surface area contributed by atoms with Crippen molar-refractivity contribution in [2.45, 2.75) is 26.9 Å². The van der Waals surface area contributed by atoms with Crippen molar-refractivity contribution < 1.29 is 14.3 Å². The Hall–Kier alpha value is -1.81. The lowest BCUT2D eigenvalue weighted by atomic mass is 10.1. The van der Waals surface area contributed by atoms with E-state index in [0.717, 1.165) is 24.6 Å². The molecule has 1 aromatic carbocycles. The van der Waals surface area contributed by atoms with E-state index >= 15 is 0 Å². The Morgan fingerprint density at radius 2 is 1.96 bits per heavy atom. The molecule has 1 heterocycles. The highest BCUT2D eigenvalue weighted by atomic mass is 127. The summed E-state index contributed by atoms with van der Waals surface area (Å²) in [5.74, 6) is 0.794. The number of ether oxygens (including phenoxy) is 2. The summed E-state index contributed by atoms with van der Waals surface area (Å²) in [6, 6.07) is 9.62. The van der Waals surface area contributed by atoms with E-state index in [9.17, 15) is 4.79 Å². The van der Waals surface area contributed by atoms with Crippen LogP contribution < -0.4 is 15.4 Å². The van der Waals surface area contributed by atoms with Crippen LogP contribution in [-0.4, -0.2) is 32.7 Å². The first-order valence-electron chi connectivity index (χ1n) is 8.40. The number of esters is 1. The predicted molar refractivity (Wildman–Crippen MR) is 120 cm³/mol. The van der Waals surface area contributed by atoms with Crippen LogP contribution in [-0.2, 0) is 17.8 Å². The van der Waals surface area contributed by atoms with Gasteiger partial charge in [-0.25, -0.2) is 9.79 Å². The Labute approximate surface area is 181 Å². The molecule has 0 radical (unpaired) electrons. The Morgan fingerprint density at radius 1 is 1.19 bits per heavy atom. The van der Waals surface area contributed by atoms with Crippen molar-refractivity contribution >= 4 is 47.2 Å². The zero-order valence-corrected chi connectivity index (χ0v) is 19.1. The van der Waals surface area contributed by atoms with Crippen LogP contribution in [0.4, 0.5) is 0 Å². The van der Waals surface area contributed by atoms with Crippen molar-refractivity contribution in [3.63, 3.8) is 0 Å². The molecule has 6 nitrogen and oxygen atoms in total. The van der Waals surface area contributed by atoms with Crippen molar-refractivity contribution in [1.29, 1.82) is 0 Å². The standard InChI is InChI=1S/C19H25N3O3S.HI/c1-5-20-19(22-12-15-8-6-13(2)26-15)21-11-14-7-9-17(24-3)16(10-14)18(23)25-4;/h6-10H,5,11-12H2,1-4H3,(H2,20,21,22);1H. The van der Waals surface area contributed by atoms with Gasteiger partial charge < -0.3 is 20.1 Å². The van der Waals surface area contributed by atoms with Crippen LogP contribution in [0.25, 0.3) is 0 Å². The molecule has 1 aromatic heterocycles. The third kappa shape index (κ3) is 7.02. The highest BCUT2D eigenvalue weighted by Gasteiger charge is 2.13. The highest BCUT2D eigenvalue weighted by molar-refractivity contribution is 14.0. The van der Waals surface area contributed by atoms with Crippen molar-refractivity contribution in [3.8, 4) is 5.75 Å². The van der Waals surface area contributed by atoms with E-state index in [1.54, 1.807) is 23.5 Å². The smallest absolute Gasteiger partial charge is 0.341 e. The van der Waals surface area contributed by atoms with Crippen LogP contribution in [0.1, 0.15) is 32.6 Å². The maximum absolute atomic E-state index is 11.9. The number of nitrogens with zero attached hydrogens (tertiary/aromatic N) is 1. The van der Waals surface area contributed by atoms with Gasteiger partial charge in [0.15, 0.2) is 5.96 Å². The van der Waals surface area contributed by atoms with E-state index in [1.165, 1.54) is 24.0 Å². The van der Waals surface area contributed by atoms with Crippen LogP contribution in [0, 0.1) is 6.92 Å². The molecule has 2 rings (SSSR count). The monoisotopic (exact) mass is 503 g/mol. The zero-order valence-electron chi connectivity index (χ0n) is 16.0. The molecular formula is C19H26IN3O3S. The second-order valence-electron chi connectivity index (χ2n) is 5.59. The molecule has 2 aromatic rings. The Bertz CT molecular complexity index is 777. The number of rotatable bonds is 7. The summed E-state index contributed by atoms with van der Waals surface area (Å²) in [7, 11) is 2.88. The molecule has 0 saturated carbocycles. The molecule has 0 amide bonds. The number of halogens is 1. The van der Waals surface area contributed by atoms with Crippen LogP contribution in [0.2, 0.25) is 0 Å². The number of carbonyl (C=O) groups excluding carboxylic acids is 1. The fraction of sp³-hybridized carbons (Fsp3) is 0.368. The third-order valence-electron chi connectivity index (χ3n) is 3.66. The number of aliphatic imine (C=N–C) groups is 1. The van der Waals surface area contributed by atoms with Gasteiger partial charge in [-0.1, -0.05) is 6.07 Å². The number of methoxy groups -OCH3 is 2. The maximum Gasteiger partial charge on any atom is 0.341 e. The molecule has 27 heavy (non-hydrogen) atoms. The predicted octanol–water partition coefficient (Wildman–Crippen LogP) is 3.73. The number of hydrogen-bond donors (Lipinski definition) is 2. The van der Waals surface area contributed by atoms with Gasteiger partial charge in [-0.15, -0.1) is 35.3 Å². The summed E-state index contributed by atoms with van der Waals surface area (Å²) in [4.78, 5) is 19.0. The van der Waals surface area contributed by atoms with Gasteiger partial charge in [0, 0.05) is 16.3 Å². The SMILES string of the molecule is CCNC(=NCc1ccc(OC)c(C(=O)OC)c1)NCc1ccc(C)s1.I. The van der Waals surface area contributed by atoms with Crippen molar-refractivity contribution in [1.82, 2.24) is 10.6 Å². The lowest BCUT2D eigenvalue weighted by Crippen LogP contribution is -2.36. The van der Waals surface area contributed by atoms with Gasteiger partial charge in [0.2, 0.25) is 0 Å². The van der Waals surface area contributed by atoms with Crippen LogP contribution in [0.5, 0.6) is 5.75 Å². The second kappa shape index (κ2) is 11.8. The summed E-state index contributed by atoms with van der Waals surface area (Å²) in [5, 5.41) is 6.55. The molecule has 0 aliphatic heterocycles. The Balaban J connectivity index is 0.00000364. The normalized spacial score (nSPS) is 10.7. The van der Waals surface area contributed by atoms with E-state index in [1.807, 2.05) is 13.0 Å². The summed E-state index contributed by atoms with van der Waals surface area (Å²) in [5.41, 5.74) is 1.30. The molecular weight excluding hydrogens is 477 g/mol. The number of thiophene rings is 1. The molecule has 0 saturated heterocycles. The van der Waals surface area contributed by atoms with Gasteiger partial charge >= 0.3 is 5.97 Å². The maximum atomic E-state index is 11.9.